The van der Waals surface area contributed by atoms with Crippen LogP contribution in [0.15, 0.2) is 22.3 Å². The van der Waals surface area contributed by atoms with Gasteiger partial charge in [0.05, 0.1) is 5.03 Å². The molecule has 3 heteroatoms. The Labute approximate surface area is 76.9 Å². The Kier molecular flexibility index (Phi) is 5.14. The lowest BCUT2D eigenvalue weighted by atomic mass is 10.1. The van der Waals surface area contributed by atoms with Crippen molar-refractivity contribution in [2.24, 2.45) is 0 Å². The SMILES string of the molecule is CCC(CC)=C(F)/C(F)=C(\C)Cl. The van der Waals surface area contributed by atoms with E-state index in [1.807, 2.05) is 0 Å². The van der Waals surface area contributed by atoms with Crippen LogP contribution in [0.4, 0.5) is 8.78 Å². The Bertz CT molecular complexity index is 207. The van der Waals surface area contributed by atoms with Crippen LogP contribution in [0.5, 0.6) is 0 Å². The van der Waals surface area contributed by atoms with E-state index in [0.29, 0.717) is 18.4 Å². The van der Waals surface area contributed by atoms with Gasteiger partial charge in [-0.15, -0.1) is 0 Å². The van der Waals surface area contributed by atoms with Crippen molar-refractivity contribution < 1.29 is 8.78 Å². The molecule has 0 aromatic carbocycles. The summed E-state index contributed by atoms with van der Waals surface area (Å²) in [5, 5.41) is -0.132. The molecule has 0 atom stereocenters. The number of rotatable bonds is 3. The Morgan fingerprint density at radius 1 is 1.08 bits per heavy atom. The number of hydrogen-bond acceptors (Lipinski definition) is 0. The molecule has 12 heavy (non-hydrogen) atoms. The van der Waals surface area contributed by atoms with Crippen molar-refractivity contribution in [2.45, 2.75) is 33.6 Å². The topological polar surface area (TPSA) is 0 Å². The van der Waals surface area contributed by atoms with Crippen molar-refractivity contribution >= 4 is 11.6 Å². The van der Waals surface area contributed by atoms with Gasteiger partial charge in [-0.05, 0) is 25.3 Å². The van der Waals surface area contributed by atoms with E-state index in [0.717, 1.165) is 0 Å². The highest BCUT2D eigenvalue weighted by Crippen LogP contribution is 2.25. The van der Waals surface area contributed by atoms with Gasteiger partial charge in [0, 0.05) is 0 Å². The van der Waals surface area contributed by atoms with E-state index in [1.54, 1.807) is 13.8 Å². The first kappa shape index (κ1) is 11.6. The summed E-state index contributed by atoms with van der Waals surface area (Å²) in [4.78, 5) is 0. The fraction of sp³-hybridized carbons (Fsp3) is 0.556. The molecule has 0 radical (unpaired) electrons. The number of allylic oxidation sites excluding steroid dienone is 4. The molecule has 0 rings (SSSR count). The van der Waals surface area contributed by atoms with Crippen molar-refractivity contribution in [3.8, 4) is 0 Å². The smallest absolute Gasteiger partial charge is 0.172 e. The highest BCUT2D eigenvalue weighted by Gasteiger charge is 2.10. The predicted octanol–water partition coefficient (Wildman–Crippen LogP) is 4.47. The van der Waals surface area contributed by atoms with Gasteiger partial charge in [-0.25, -0.2) is 8.78 Å². The zero-order chi connectivity index (χ0) is 9.72. The Morgan fingerprint density at radius 2 is 1.50 bits per heavy atom. The van der Waals surface area contributed by atoms with Crippen LogP contribution in [0.25, 0.3) is 0 Å². The third-order valence-electron chi connectivity index (χ3n) is 1.66. The van der Waals surface area contributed by atoms with Crippen LogP contribution in [-0.2, 0) is 0 Å². The highest BCUT2D eigenvalue weighted by molar-refractivity contribution is 6.29. The highest BCUT2D eigenvalue weighted by atomic mass is 35.5. The fourth-order valence-electron chi connectivity index (χ4n) is 0.867. The Balaban J connectivity index is 4.88. The average molecular weight is 195 g/mol. The predicted molar refractivity (Wildman–Crippen MR) is 48.4 cm³/mol. The Morgan fingerprint density at radius 3 is 1.75 bits per heavy atom. The van der Waals surface area contributed by atoms with Crippen LogP contribution in [-0.4, -0.2) is 0 Å². The van der Waals surface area contributed by atoms with Crippen LogP contribution in [0, 0.1) is 0 Å². The molecule has 0 nitrogen and oxygen atoms in total. The molecule has 0 saturated carbocycles. The van der Waals surface area contributed by atoms with E-state index in [4.69, 9.17) is 11.6 Å². The van der Waals surface area contributed by atoms with Gasteiger partial charge in [0.15, 0.2) is 11.7 Å². The summed E-state index contributed by atoms with van der Waals surface area (Å²) in [5.74, 6) is -1.73. The second-order valence-electron chi connectivity index (χ2n) is 2.47. The number of halogens is 3. The van der Waals surface area contributed by atoms with Crippen molar-refractivity contribution in [3.63, 3.8) is 0 Å². The summed E-state index contributed by atoms with van der Waals surface area (Å²) in [6.07, 6.45) is 1.03. The molecule has 0 aromatic heterocycles. The van der Waals surface area contributed by atoms with E-state index in [9.17, 15) is 8.78 Å². The second kappa shape index (κ2) is 5.31. The molecule has 0 aliphatic carbocycles. The van der Waals surface area contributed by atoms with E-state index >= 15 is 0 Å². The Hall–Kier alpha value is -0.370. The molecule has 0 saturated heterocycles. The normalized spacial score (nSPS) is 12.5. The maximum absolute atomic E-state index is 13.1. The molecular weight excluding hydrogens is 182 g/mol. The van der Waals surface area contributed by atoms with E-state index < -0.39 is 11.7 Å². The van der Waals surface area contributed by atoms with Crippen LogP contribution in [0.1, 0.15) is 33.6 Å². The van der Waals surface area contributed by atoms with E-state index in [-0.39, 0.29) is 5.03 Å². The average Bonchev–Trinajstić information content (AvgIpc) is 2.05. The van der Waals surface area contributed by atoms with Gasteiger partial charge in [-0.2, -0.15) is 0 Å². The monoisotopic (exact) mass is 194 g/mol. The first-order chi connectivity index (χ1) is 5.54. The summed E-state index contributed by atoms with van der Waals surface area (Å²) in [6.45, 7) is 4.91. The fourth-order valence-corrected chi connectivity index (χ4v) is 0.950. The molecular formula is C9H13ClF2. The first-order valence-electron chi connectivity index (χ1n) is 3.94. The third kappa shape index (κ3) is 2.94. The minimum atomic E-state index is -0.935. The van der Waals surface area contributed by atoms with Crippen LogP contribution in [0.2, 0.25) is 0 Å². The molecule has 0 bridgehead atoms. The quantitative estimate of drug-likeness (QED) is 0.582. The molecule has 0 aromatic rings. The zero-order valence-corrected chi connectivity index (χ0v) is 8.30. The second-order valence-corrected chi connectivity index (χ2v) is 3.04. The van der Waals surface area contributed by atoms with E-state index in [2.05, 4.69) is 0 Å². The van der Waals surface area contributed by atoms with Crippen molar-refractivity contribution in [2.75, 3.05) is 0 Å². The van der Waals surface area contributed by atoms with Gasteiger partial charge in [0.25, 0.3) is 0 Å². The zero-order valence-electron chi connectivity index (χ0n) is 7.55. The summed E-state index contributed by atoms with van der Waals surface area (Å²) in [7, 11) is 0. The minimum absolute atomic E-state index is 0.132. The van der Waals surface area contributed by atoms with Crippen LogP contribution < -0.4 is 0 Å². The van der Waals surface area contributed by atoms with Gasteiger partial charge < -0.3 is 0 Å². The largest absolute Gasteiger partial charge is 0.204 e. The van der Waals surface area contributed by atoms with Crippen LogP contribution in [0.3, 0.4) is 0 Å². The maximum atomic E-state index is 13.1. The van der Waals surface area contributed by atoms with Gasteiger partial charge in [-0.3, -0.25) is 0 Å². The lowest BCUT2D eigenvalue weighted by Crippen LogP contribution is -1.87. The van der Waals surface area contributed by atoms with Gasteiger partial charge >= 0.3 is 0 Å². The van der Waals surface area contributed by atoms with E-state index in [1.165, 1.54) is 6.92 Å². The summed E-state index contributed by atoms with van der Waals surface area (Å²) in [6, 6.07) is 0. The molecule has 0 heterocycles. The van der Waals surface area contributed by atoms with Gasteiger partial charge in [0.2, 0.25) is 0 Å². The maximum Gasteiger partial charge on any atom is 0.172 e. The minimum Gasteiger partial charge on any atom is -0.204 e. The van der Waals surface area contributed by atoms with Crippen molar-refractivity contribution in [1.29, 1.82) is 0 Å². The molecule has 0 fully saturated rings. The first-order valence-corrected chi connectivity index (χ1v) is 4.32. The van der Waals surface area contributed by atoms with Crippen molar-refractivity contribution in [1.82, 2.24) is 0 Å². The molecule has 0 amide bonds. The summed E-state index contributed by atoms with van der Waals surface area (Å²) >= 11 is 5.31. The molecule has 0 N–H and O–H groups in total. The lowest BCUT2D eigenvalue weighted by Gasteiger charge is -2.02. The molecule has 0 unspecified atom stereocenters. The molecule has 0 aliphatic heterocycles. The van der Waals surface area contributed by atoms with Crippen LogP contribution >= 0.6 is 11.6 Å². The summed E-state index contributed by atoms with van der Waals surface area (Å²) in [5.41, 5.74) is 0.465. The van der Waals surface area contributed by atoms with Gasteiger partial charge in [-0.1, -0.05) is 25.4 Å². The summed E-state index contributed by atoms with van der Waals surface area (Å²) < 4.78 is 25.9. The molecule has 0 aliphatic rings. The standard InChI is InChI=1S/C9H13ClF2/c1-4-7(5-2)9(12)8(11)6(3)10/h4-5H2,1-3H3/b8-6-. The molecule has 0 spiro atoms. The van der Waals surface area contributed by atoms with Crippen molar-refractivity contribution in [3.05, 3.63) is 22.3 Å². The molecule has 70 valence electrons. The third-order valence-corrected chi connectivity index (χ3v) is 1.83. The van der Waals surface area contributed by atoms with Gasteiger partial charge in [0.1, 0.15) is 0 Å². The lowest BCUT2D eigenvalue weighted by molar-refractivity contribution is 0.528. The number of hydrogen-bond donors (Lipinski definition) is 0.